The highest BCUT2D eigenvalue weighted by atomic mass is 16.3. The van der Waals surface area contributed by atoms with Gasteiger partial charge in [-0.2, -0.15) is 0 Å². The molecule has 0 saturated heterocycles. The number of aliphatic hydroxyl groups is 2. The first-order valence-corrected chi connectivity index (χ1v) is 5.85. The Morgan fingerprint density at radius 1 is 1.61 bits per heavy atom. The van der Waals surface area contributed by atoms with Crippen LogP contribution in [0.5, 0.6) is 0 Å². The van der Waals surface area contributed by atoms with E-state index >= 15 is 0 Å². The molecule has 0 radical (unpaired) electrons. The second-order valence-corrected chi connectivity index (χ2v) is 5.00. The van der Waals surface area contributed by atoms with Gasteiger partial charge in [0.05, 0.1) is 12.3 Å². The molecule has 1 unspecified atom stereocenters. The van der Waals surface area contributed by atoms with Gasteiger partial charge >= 0.3 is 0 Å². The molecule has 0 spiro atoms. The van der Waals surface area contributed by atoms with Gasteiger partial charge in [0, 0.05) is 18.8 Å². The Morgan fingerprint density at radius 3 is 2.72 bits per heavy atom. The maximum absolute atomic E-state index is 12.0. The zero-order chi connectivity index (χ0) is 13.9. The molecule has 0 aliphatic heterocycles. The van der Waals surface area contributed by atoms with Crippen molar-refractivity contribution < 1.29 is 15.0 Å². The molecule has 6 nitrogen and oxygen atoms in total. The van der Waals surface area contributed by atoms with Gasteiger partial charge in [-0.15, -0.1) is 0 Å². The Hall–Kier alpha value is -1.53. The summed E-state index contributed by atoms with van der Waals surface area (Å²) in [5.41, 5.74) is 5.31. The molecule has 5 N–H and O–H groups in total. The molecule has 1 heterocycles. The summed E-state index contributed by atoms with van der Waals surface area (Å²) in [7, 11) is 0. The van der Waals surface area contributed by atoms with Crippen molar-refractivity contribution in [2.75, 3.05) is 18.9 Å². The van der Waals surface area contributed by atoms with Crippen molar-refractivity contribution >= 4 is 11.6 Å². The number of hydrogen-bond donors (Lipinski definition) is 4. The largest absolute Gasteiger partial charge is 0.397 e. The lowest BCUT2D eigenvalue weighted by atomic mass is 10.1. The van der Waals surface area contributed by atoms with E-state index in [2.05, 4.69) is 5.32 Å². The molecule has 0 aliphatic rings. The molecule has 18 heavy (non-hydrogen) atoms. The molecule has 0 fully saturated rings. The Labute approximate surface area is 106 Å². The fourth-order valence-electron chi connectivity index (χ4n) is 1.53. The van der Waals surface area contributed by atoms with Gasteiger partial charge in [0.1, 0.15) is 11.3 Å². The Balaban J connectivity index is 2.79. The van der Waals surface area contributed by atoms with Crippen molar-refractivity contribution in [1.82, 2.24) is 9.88 Å². The van der Waals surface area contributed by atoms with Crippen LogP contribution in [0.3, 0.4) is 0 Å². The van der Waals surface area contributed by atoms with Crippen LogP contribution in [0.15, 0.2) is 12.3 Å². The number of amides is 1. The van der Waals surface area contributed by atoms with Crippen LogP contribution >= 0.6 is 0 Å². The number of anilines is 1. The fourth-order valence-corrected chi connectivity index (χ4v) is 1.53. The Kier molecular flexibility index (Phi) is 4.37. The number of rotatable bonds is 5. The number of hydrogen-bond acceptors (Lipinski definition) is 4. The van der Waals surface area contributed by atoms with E-state index in [4.69, 9.17) is 10.8 Å². The normalized spacial score (nSPS) is 14.6. The molecular formula is C12H21N3O3. The molecule has 1 aromatic heterocycles. The first-order valence-electron chi connectivity index (χ1n) is 5.85. The maximum atomic E-state index is 12.0. The van der Waals surface area contributed by atoms with Gasteiger partial charge in [0.15, 0.2) is 0 Å². The minimum atomic E-state index is -1.32. The van der Waals surface area contributed by atoms with Crippen molar-refractivity contribution in [3.8, 4) is 0 Å². The summed E-state index contributed by atoms with van der Waals surface area (Å²) in [6.45, 7) is 4.90. The standard InChI is InChI=1S/C12H21N3O3/c1-8(2)15-5-9(13)4-10(15)11(17)14-6-12(3,18)7-16/h4-5,8,16,18H,6-7,13H2,1-3H3,(H,14,17). The summed E-state index contributed by atoms with van der Waals surface area (Å²) in [5.74, 6) is -0.325. The lowest BCUT2D eigenvalue weighted by Crippen LogP contribution is -2.43. The lowest BCUT2D eigenvalue weighted by molar-refractivity contribution is 0.00312. The molecular weight excluding hydrogens is 234 g/mol. The quantitative estimate of drug-likeness (QED) is 0.600. The van der Waals surface area contributed by atoms with Gasteiger partial charge in [-0.25, -0.2) is 0 Å². The number of nitrogen functional groups attached to an aromatic ring is 1. The van der Waals surface area contributed by atoms with Gasteiger partial charge in [0.25, 0.3) is 5.91 Å². The van der Waals surface area contributed by atoms with Crippen molar-refractivity contribution in [1.29, 1.82) is 0 Å². The summed E-state index contributed by atoms with van der Waals surface area (Å²) in [5, 5.41) is 21.1. The van der Waals surface area contributed by atoms with E-state index in [-0.39, 0.29) is 18.5 Å². The second-order valence-electron chi connectivity index (χ2n) is 5.00. The van der Waals surface area contributed by atoms with Crippen molar-refractivity contribution in [3.05, 3.63) is 18.0 Å². The second kappa shape index (κ2) is 5.41. The third-order valence-corrected chi connectivity index (χ3v) is 2.63. The van der Waals surface area contributed by atoms with Crippen molar-refractivity contribution in [3.63, 3.8) is 0 Å². The lowest BCUT2D eigenvalue weighted by Gasteiger charge is -2.21. The molecule has 1 amide bonds. The number of nitrogens with one attached hydrogen (secondary N) is 1. The highest BCUT2D eigenvalue weighted by Gasteiger charge is 2.21. The van der Waals surface area contributed by atoms with Gasteiger partial charge in [-0.1, -0.05) is 0 Å². The molecule has 0 aromatic carbocycles. The van der Waals surface area contributed by atoms with Crippen LogP contribution in [0.2, 0.25) is 0 Å². The highest BCUT2D eigenvalue weighted by molar-refractivity contribution is 5.93. The molecule has 0 saturated carbocycles. The number of nitrogens with two attached hydrogens (primary N) is 1. The number of aliphatic hydroxyl groups excluding tert-OH is 1. The van der Waals surface area contributed by atoms with E-state index in [1.807, 2.05) is 13.8 Å². The first-order chi connectivity index (χ1) is 8.26. The minimum absolute atomic E-state index is 0.0223. The van der Waals surface area contributed by atoms with E-state index < -0.39 is 12.2 Å². The van der Waals surface area contributed by atoms with Crippen LogP contribution in [-0.4, -0.2) is 39.4 Å². The SMILES string of the molecule is CC(C)n1cc(N)cc1C(=O)NCC(C)(O)CO. The van der Waals surface area contributed by atoms with E-state index in [0.29, 0.717) is 11.4 Å². The summed E-state index contributed by atoms with van der Waals surface area (Å²) in [6, 6.07) is 1.70. The topological polar surface area (TPSA) is 101 Å². The third-order valence-electron chi connectivity index (χ3n) is 2.63. The van der Waals surface area contributed by atoms with Crippen LogP contribution in [0.25, 0.3) is 0 Å². The molecule has 6 heteroatoms. The summed E-state index contributed by atoms with van der Waals surface area (Å²) in [4.78, 5) is 12.0. The molecule has 0 bridgehead atoms. The van der Waals surface area contributed by atoms with E-state index in [1.165, 1.54) is 6.92 Å². The predicted molar refractivity (Wildman–Crippen MR) is 69.3 cm³/mol. The number of nitrogens with zero attached hydrogens (tertiary/aromatic N) is 1. The Bertz CT molecular complexity index is 424. The first kappa shape index (κ1) is 14.5. The zero-order valence-electron chi connectivity index (χ0n) is 11.0. The molecule has 1 aromatic rings. The number of carbonyl (C=O) groups excluding carboxylic acids is 1. The smallest absolute Gasteiger partial charge is 0.268 e. The van der Waals surface area contributed by atoms with Crippen LogP contribution < -0.4 is 11.1 Å². The van der Waals surface area contributed by atoms with Gasteiger partial charge in [0.2, 0.25) is 0 Å². The number of carbonyl (C=O) groups is 1. The van der Waals surface area contributed by atoms with E-state index in [1.54, 1.807) is 16.8 Å². The maximum Gasteiger partial charge on any atom is 0.268 e. The molecule has 102 valence electrons. The minimum Gasteiger partial charge on any atom is -0.397 e. The highest BCUT2D eigenvalue weighted by Crippen LogP contribution is 2.16. The van der Waals surface area contributed by atoms with Gasteiger partial charge < -0.3 is 25.8 Å². The van der Waals surface area contributed by atoms with Crippen molar-refractivity contribution in [2.24, 2.45) is 0 Å². The average molecular weight is 255 g/mol. The van der Waals surface area contributed by atoms with Crippen LogP contribution in [0, 0.1) is 0 Å². The van der Waals surface area contributed by atoms with Gasteiger partial charge in [-0.3, -0.25) is 4.79 Å². The summed E-state index contributed by atoms with van der Waals surface area (Å²) in [6.07, 6.45) is 1.70. The zero-order valence-corrected chi connectivity index (χ0v) is 11.0. The van der Waals surface area contributed by atoms with Crippen LogP contribution in [0.1, 0.15) is 37.3 Å². The average Bonchev–Trinajstić information content (AvgIpc) is 2.68. The third kappa shape index (κ3) is 3.48. The van der Waals surface area contributed by atoms with Crippen LogP contribution in [-0.2, 0) is 0 Å². The summed E-state index contributed by atoms with van der Waals surface area (Å²) < 4.78 is 1.76. The van der Waals surface area contributed by atoms with Gasteiger partial charge in [-0.05, 0) is 26.8 Å². The molecule has 1 rings (SSSR count). The van der Waals surface area contributed by atoms with Crippen molar-refractivity contribution in [2.45, 2.75) is 32.4 Å². The van der Waals surface area contributed by atoms with E-state index in [9.17, 15) is 9.90 Å². The predicted octanol–water partition coefficient (Wildman–Crippen LogP) is 0.124. The fraction of sp³-hybridized carbons (Fsp3) is 0.583. The molecule has 0 aliphatic carbocycles. The van der Waals surface area contributed by atoms with E-state index in [0.717, 1.165) is 0 Å². The molecule has 1 atom stereocenters. The van der Waals surface area contributed by atoms with Crippen LogP contribution in [0.4, 0.5) is 5.69 Å². The number of aromatic nitrogens is 1. The Morgan fingerprint density at radius 2 is 2.22 bits per heavy atom. The summed E-state index contributed by atoms with van der Waals surface area (Å²) >= 11 is 0. The monoisotopic (exact) mass is 255 g/mol.